The fourth-order valence-electron chi connectivity index (χ4n) is 3.64. The number of imidazole rings is 1. The fourth-order valence-corrected chi connectivity index (χ4v) is 4.49. The van der Waals surface area contributed by atoms with E-state index in [0.717, 1.165) is 50.0 Å². The molecule has 2 aliphatic heterocycles. The molecule has 0 radical (unpaired) electrons. The van der Waals surface area contributed by atoms with E-state index in [1.807, 2.05) is 16.5 Å². The Morgan fingerprint density at radius 2 is 2.08 bits per heavy atom. The lowest BCUT2D eigenvalue weighted by atomic mass is 9.97. The number of aromatic amines is 1. The van der Waals surface area contributed by atoms with Crippen LogP contribution in [0.15, 0.2) is 17.8 Å². The number of carbonyl (C=O) groups is 1. The average Bonchev–Trinajstić information content (AvgIpc) is 3.34. The molecule has 1 amide bonds. The van der Waals surface area contributed by atoms with Crippen molar-refractivity contribution in [1.82, 2.24) is 19.9 Å². The van der Waals surface area contributed by atoms with E-state index in [0.29, 0.717) is 11.6 Å². The first-order chi connectivity index (χ1) is 11.8. The molecule has 2 aromatic rings. The van der Waals surface area contributed by atoms with E-state index in [9.17, 15) is 4.79 Å². The molecule has 2 aliphatic rings. The van der Waals surface area contributed by atoms with Crippen LogP contribution >= 0.6 is 11.3 Å². The van der Waals surface area contributed by atoms with Gasteiger partial charge in [-0.3, -0.25) is 4.79 Å². The number of H-pyrrole nitrogens is 1. The van der Waals surface area contributed by atoms with Crippen molar-refractivity contribution in [2.45, 2.75) is 38.0 Å². The Balaban J connectivity index is 1.44. The van der Waals surface area contributed by atoms with Gasteiger partial charge < -0.3 is 14.8 Å². The van der Waals surface area contributed by atoms with Gasteiger partial charge in [-0.15, -0.1) is 11.3 Å². The van der Waals surface area contributed by atoms with Gasteiger partial charge in [-0.05, 0) is 32.1 Å². The summed E-state index contributed by atoms with van der Waals surface area (Å²) in [4.78, 5) is 29.2. The van der Waals surface area contributed by atoms with E-state index in [1.54, 1.807) is 17.5 Å². The number of rotatable bonds is 3. The zero-order valence-corrected chi connectivity index (χ0v) is 14.6. The summed E-state index contributed by atoms with van der Waals surface area (Å²) in [7, 11) is 0. The molecule has 6 nitrogen and oxygen atoms in total. The van der Waals surface area contributed by atoms with Crippen LogP contribution in [0.2, 0.25) is 0 Å². The number of nitrogens with one attached hydrogen (secondary N) is 1. The van der Waals surface area contributed by atoms with E-state index in [4.69, 9.17) is 0 Å². The van der Waals surface area contributed by atoms with Gasteiger partial charge >= 0.3 is 0 Å². The van der Waals surface area contributed by atoms with E-state index in [1.165, 1.54) is 19.3 Å². The molecule has 0 aromatic carbocycles. The van der Waals surface area contributed by atoms with Crippen LogP contribution in [0.25, 0.3) is 0 Å². The first-order valence-corrected chi connectivity index (χ1v) is 9.68. The number of aromatic nitrogens is 3. The highest BCUT2D eigenvalue weighted by molar-refractivity contribution is 7.13. The lowest BCUT2D eigenvalue weighted by Crippen LogP contribution is -2.39. The van der Waals surface area contributed by atoms with Crippen LogP contribution in [0.5, 0.6) is 0 Å². The third-order valence-electron chi connectivity index (χ3n) is 4.95. The summed E-state index contributed by atoms with van der Waals surface area (Å²) in [6, 6.07) is 0. The zero-order valence-electron chi connectivity index (χ0n) is 13.8. The van der Waals surface area contributed by atoms with Crippen molar-refractivity contribution < 1.29 is 4.79 Å². The van der Waals surface area contributed by atoms with Crippen LogP contribution in [-0.2, 0) is 0 Å². The Morgan fingerprint density at radius 3 is 2.88 bits per heavy atom. The van der Waals surface area contributed by atoms with Crippen molar-refractivity contribution in [3.63, 3.8) is 0 Å². The molecule has 24 heavy (non-hydrogen) atoms. The Labute approximate surface area is 145 Å². The molecule has 0 unspecified atom stereocenters. The molecule has 0 bridgehead atoms. The van der Waals surface area contributed by atoms with Gasteiger partial charge in [0.25, 0.3) is 5.91 Å². The number of hydrogen-bond donors (Lipinski definition) is 1. The number of piperidine rings is 2. The Hall–Kier alpha value is -1.89. The summed E-state index contributed by atoms with van der Waals surface area (Å²) in [6.45, 7) is 3.66. The third kappa shape index (κ3) is 3.17. The minimum atomic E-state index is 0.0609. The van der Waals surface area contributed by atoms with Crippen LogP contribution in [-0.4, -0.2) is 51.9 Å². The van der Waals surface area contributed by atoms with Gasteiger partial charge in [0.15, 0.2) is 5.13 Å². The number of likely N-dealkylation sites (tertiary alicyclic amines) is 1. The van der Waals surface area contributed by atoms with Crippen molar-refractivity contribution in [3.05, 3.63) is 29.3 Å². The summed E-state index contributed by atoms with van der Waals surface area (Å²) >= 11 is 1.60. The quantitative estimate of drug-likeness (QED) is 0.929. The van der Waals surface area contributed by atoms with Gasteiger partial charge in [0.05, 0.1) is 0 Å². The molecule has 2 saturated heterocycles. The van der Waals surface area contributed by atoms with Crippen molar-refractivity contribution >= 4 is 22.4 Å². The fraction of sp³-hybridized carbons (Fsp3) is 0.588. The number of anilines is 1. The molecule has 2 fully saturated rings. The predicted molar refractivity (Wildman–Crippen MR) is 94.6 cm³/mol. The summed E-state index contributed by atoms with van der Waals surface area (Å²) in [5.74, 6) is 1.35. The Bertz CT molecular complexity index is 677. The lowest BCUT2D eigenvalue weighted by Gasteiger charge is -2.31. The Kier molecular flexibility index (Phi) is 4.51. The van der Waals surface area contributed by atoms with E-state index in [2.05, 4.69) is 19.9 Å². The van der Waals surface area contributed by atoms with Crippen molar-refractivity contribution in [3.8, 4) is 0 Å². The third-order valence-corrected chi connectivity index (χ3v) is 5.85. The number of nitrogens with zero attached hydrogens (tertiary/aromatic N) is 4. The normalized spacial score (nSPS) is 21.9. The van der Waals surface area contributed by atoms with Gasteiger partial charge in [0, 0.05) is 49.9 Å². The van der Waals surface area contributed by atoms with Gasteiger partial charge in [-0.2, -0.15) is 0 Å². The predicted octanol–water partition coefficient (Wildman–Crippen LogP) is 2.88. The maximum atomic E-state index is 12.8. The molecule has 4 rings (SSSR count). The second kappa shape index (κ2) is 6.93. The minimum Gasteiger partial charge on any atom is -0.348 e. The van der Waals surface area contributed by atoms with E-state index in [-0.39, 0.29) is 5.91 Å². The van der Waals surface area contributed by atoms with Gasteiger partial charge in [0.2, 0.25) is 0 Å². The smallest absolute Gasteiger partial charge is 0.273 e. The molecular formula is C17H23N5OS. The molecular weight excluding hydrogens is 322 g/mol. The highest BCUT2D eigenvalue weighted by atomic mass is 32.1. The standard InChI is InChI=1S/C17H23N5OS/c23-16(14-12-24-17(20-14)21-8-2-1-3-9-21)22-10-4-5-13(11-22)15-18-6-7-19-15/h6-7,12-13H,1-5,8-11H2,(H,18,19)/t13-/m0/s1. The second-order valence-electron chi connectivity index (χ2n) is 6.63. The van der Waals surface area contributed by atoms with Crippen molar-refractivity contribution in [2.24, 2.45) is 0 Å². The minimum absolute atomic E-state index is 0.0609. The zero-order chi connectivity index (χ0) is 16.4. The number of hydrogen-bond acceptors (Lipinski definition) is 5. The van der Waals surface area contributed by atoms with Crippen LogP contribution in [0.4, 0.5) is 5.13 Å². The number of thiazole rings is 1. The molecule has 4 heterocycles. The summed E-state index contributed by atoms with van der Waals surface area (Å²) < 4.78 is 0. The van der Waals surface area contributed by atoms with E-state index < -0.39 is 0 Å². The van der Waals surface area contributed by atoms with Crippen molar-refractivity contribution in [2.75, 3.05) is 31.1 Å². The number of carbonyl (C=O) groups excluding carboxylic acids is 1. The number of amides is 1. The SMILES string of the molecule is O=C(c1csc(N2CCCCC2)n1)N1CCC[C@H](c2ncc[nH]2)C1. The molecule has 1 N–H and O–H groups in total. The highest BCUT2D eigenvalue weighted by Gasteiger charge is 2.28. The summed E-state index contributed by atoms with van der Waals surface area (Å²) in [6.07, 6.45) is 9.46. The highest BCUT2D eigenvalue weighted by Crippen LogP contribution is 2.28. The largest absolute Gasteiger partial charge is 0.348 e. The first-order valence-electron chi connectivity index (χ1n) is 8.80. The molecule has 7 heteroatoms. The maximum absolute atomic E-state index is 12.8. The monoisotopic (exact) mass is 345 g/mol. The topological polar surface area (TPSA) is 65.1 Å². The molecule has 1 atom stereocenters. The van der Waals surface area contributed by atoms with Crippen molar-refractivity contribution in [1.29, 1.82) is 0 Å². The molecule has 2 aromatic heterocycles. The van der Waals surface area contributed by atoms with Gasteiger partial charge in [0.1, 0.15) is 11.5 Å². The molecule has 0 spiro atoms. The molecule has 128 valence electrons. The van der Waals surface area contributed by atoms with Crippen LogP contribution < -0.4 is 4.90 Å². The lowest BCUT2D eigenvalue weighted by molar-refractivity contribution is 0.0699. The maximum Gasteiger partial charge on any atom is 0.273 e. The average molecular weight is 345 g/mol. The summed E-state index contributed by atoms with van der Waals surface area (Å²) in [5.41, 5.74) is 0.598. The molecule has 0 saturated carbocycles. The van der Waals surface area contributed by atoms with Crippen LogP contribution in [0.3, 0.4) is 0 Å². The van der Waals surface area contributed by atoms with E-state index >= 15 is 0 Å². The van der Waals surface area contributed by atoms with Crippen LogP contribution in [0, 0.1) is 0 Å². The summed E-state index contributed by atoms with van der Waals surface area (Å²) in [5, 5.41) is 2.92. The van der Waals surface area contributed by atoms with Crippen LogP contribution in [0.1, 0.15) is 54.3 Å². The molecule has 0 aliphatic carbocycles. The first kappa shape index (κ1) is 15.6. The second-order valence-corrected chi connectivity index (χ2v) is 7.46. The Morgan fingerprint density at radius 1 is 1.21 bits per heavy atom. The van der Waals surface area contributed by atoms with Gasteiger partial charge in [-0.1, -0.05) is 0 Å². The van der Waals surface area contributed by atoms with Gasteiger partial charge in [-0.25, -0.2) is 9.97 Å².